The number of nitrogens with zero attached hydrogens (tertiary/aromatic N) is 2. The lowest BCUT2D eigenvalue weighted by atomic mass is 9.99. The number of aromatic nitrogens is 1. The van der Waals surface area contributed by atoms with Gasteiger partial charge in [0.2, 0.25) is 0 Å². The molecule has 116 valence electrons. The molecule has 1 saturated carbocycles. The Hall–Kier alpha value is -0.940. The number of likely N-dealkylation sites (tertiary alicyclic amines) is 1. The topological polar surface area (TPSA) is 59.2 Å². The van der Waals surface area contributed by atoms with E-state index in [1.807, 2.05) is 11.8 Å². The van der Waals surface area contributed by atoms with Crippen molar-refractivity contribution in [2.75, 3.05) is 6.54 Å². The largest absolute Gasteiger partial charge is 0.335 e. The molecule has 1 saturated heterocycles. The average molecular weight is 307 g/mol. The van der Waals surface area contributed by atoms with Crippen LogP contribution in [-0.2, 0) is 0 Å². The first-order chi connectivity index (χ1) is 10.1. The second-order valence-electron chi connectivity index (χ2n) is 6.58. The minimum absolute atomic E-state index is 0.161. The van der Waals surface area contributed by atoms with Gasteiger partial charge in [-0.05, 0) is 39.5 Å². The van der Waals surface area contributed by atoms with E-state index in [9.17, 15) is 4.79 Å². The van der Waals surface area contributed by atoms with Crippen molar-refractivity contribution < 1.29 is 4.79 Å². The molecule has 0 spiro atoms. The van der Waals surface area contributed by atoms with Gasteiger partial charge in [-0.1, -0.05) is 12.8 Å². The summed E-state index contributed by atoms with van der Waals surface area (Å²) in [4.78, 5) is 20.4. The van der Waals surface area contributed by atoms with E-state index in [2.05, 4.69) is 6.92 Å². The van der Waals surface area contributed by atoms with E-state index >= 15 is 0 Å². The summed E-state index contributed by atoms with van der Waals surface area (Å²) in [7, 11) is 0. The van der Waals surface area contributed by atoms with Crippen LogP contribution in [0.2, 0.25) is 0 Å². The van der Waals surface area contributed by atoms with Crippen molar-refractivity contribution in [3.8, 4) is 0 Å². The number of nitrogens with two attached hydrogens (primary N) is 1. The van der Waals surface area contributed by atoms with Gasteiger partial charge >= 0.3 is 0 Å². The lowest BCUT2D eigenvalue weighted by molar-refractivity contribution is 0.0623. The summed E-state index contributed by atoms with van der Waals surface area (Å²) in [5.74, 6) is 0.746. The maximum atomic E-state index is 12.8. The van der Waals surface area contributed by atoms with Crippen LogP contribution in [0, 0.1) is 6.92 Å². The van der Waals surface area contributed by atoms with E-state index in [1.54, 1.807) is 11.3 Å². The van der Waals surface area contributed by atoms with Crippen LogP contribution in [-0.4, -0.2) is 34.4 Å². The van der Waals surface area contributed by atoms with Crippen LogP contribution in [0.25, 0.3) is 0 Å². The van der Waals surface area contributed by atoms with Crippen LogP contribution < -0.4 is 5.73 Å². The Labute approximate surface area is 130 Å². The van der Waals surface area contributed by atoms with Gasteiger partial charge in [-0.25, -0.2) is 4.98 Å². The van der Waals surface area contributed by atoms with Crippen LogP contribution in [0.4, 0.5) is 0 Å². The molecule has 2 atom stereocenters. The Morgan fingerprint density at radius 2 is 2.05 bits per heavy atom. The maximum Gasteiger partial charge on any atom is 0.266 e. The van der Waals surface area contributed by atoms with Gasteiger partial charge in [0.1, 0.15) is 4.88 Å². The highest BCUT2D eigenvalue weighted by atomic mass is 32.1. The van der Waals surface area contributed by atoms with Crippen molar-refractivity contribution in [3.05, 3.63) is 15.6 Å². The summed E-state index contributed by atoms with van der Waals surface area (Å²) >= 11 is 1.63. The van der Waals surface area contributed by atoms with Gasteiger partial charge in [0.25, 0.3) is 5.91 Å². The molecule has 3 rings (SSSR count). The number of piperidine rings is 1. The number of hydrogen-bond donors (Lipinski definition) is 1. The Balaban J connectivity index is 1.78. The third-order valence-corrected chi connectivity index (χ3v) is 6.20. The Bertz CT molecular complexity index is 522. The molecule has 1 amide bonds. The van der Waals surface area contributed by atoms with E-state index < -0.39 is 0 Å². The Morgan fingerprint density at radius 1 is 1.33 bits per heavy atom. The number of hydrogen-bond acceptors (Lipinski definition) is 4. The van der Waals surface area contributed by atoms with Crippen LogP contribution in [0.5, 0.6) is 0 Å². The molecular formula is C16H25N3OS. The molecule has 0 unspecified atom stereocenters. The van der Waals surface area contributed by atoms with E-state index in [-0.39, 0.29) is 18.0 Å². The average Bonchev–Trinajstić information content (AvgIpc) is 3.07. The van der Waals surface area contributed by atoms with E-state index in [1.165, 1.54) is 30.7 Å². The lowest BCUT2D eigenvalue weighted by Gasteiger charge is -2.36. The van der Waals surface area contributed by atoms with Gasteiger partial charge < -0.3 is 10.6 Å². The van der Waals surface area contributed by atoms with Crippen molar-refractivity contribution >= 4 is 17.2 Å². The molecule has 1 aromatic heterocycles. The fourth-order valence-corrected chi connectivity index (χ4v) is 4.80. The van der Waals surface area contributed by atoms with Gasteiger partial charge in [0.15, 0.2) is 0 Å². The second-order valence-corrected chi connectivity index (χ2v) is 7.61. The smallest absolute Gasteiger partial charge is 0.266 e. The highest BCUT2D eigenvalue weighted by molar-refractivity contribution is 7.13. The van der Waals surface area contributed by atoms with Crippen molar-refractivity contribution in [1.29, 1.82) is 0 Å². The molecule has 2 aliphatic rings. The number of carbonyl (C=O) groups is 1. The Morgan fingerprint density at radius 3 is 2.71 bits per heavy atom. The fraction of sp³-hybridized carbons (Fsp3) is 0.750. The predicted molar refractivity (Wildman–Crippen MR) is 85.8 cm³/mol. The summed E-state index contributed by atoms with van der Waals surface area (Å²) in [5, 5.41) is 1.18. The van der Waals surface area contributed by atoms with Crippen LogP contribution in [0.15, 0.2) is 0 Å². The zero-order valence-electron chi connectivity index (χ0n) is 13.0. The number of carbonyl (C=O) groups excluding carboxylic acids is 1. The molecule has 1 aromatic rings. The molecule has 1 aliphatic heterocycles. The molecule has 2 N–H and O–H groups in total. The van der Waals surface area contributed by atoms with Crippen molar-refractivity contribution in [3.63, 3.8) is 0 Å². The second kappa shape index (κ2) is 6.05. The minimum atomic E-state index is 0.161. The van der Waals surface area contributed by atoms with Crippen LogP contribution in [0.1, 0.15) is 71.7 Å². The van der Waals surface area contributed by atoms with E-state index in [4.69, 9.17) is 10.7 Å². The quantitative estimate of drug-likeness (QED) is 0.913. The third kappa shape index (κ3) is 2.99. The van der Waals surface area contributed by atoms with Crippen molar-refractivity contribution in [2.24, 2.45) is 5.73 Å². The molecule has 1 aliphatic carbocycles. The molecule has 5 heteroatoms. The minimum Gasteiger partial charge on any atom is -0.335 e. The molecule has 4 nitrogen and oxygen atoms in total. The third-order valence-electron chi connectivity index (χ3n) is 4.89. The predicted octanol–water partition coefficient (Wildman–Crippen LogP) is 3.06. The molecule has 0 radical (unpaired) electrons. The molecular weight excluding hydrogens is 282 g/mol. The first kappa shape index (κ1) is 15.0. The van der Waals surface area contributed by atoms with Gasteiger partial charge in [-0.3, -0.25) is 4.79 Å². The van der Waals surface area contributed by atoms with Gasteiger partial charge in [0, 0.05) is 24.5 Å². The summed E-state index contributed by atoms with van der Waals surface area (Å²) in [6, 6.07) is 0.471. The number of aryl methyl sites for hydroxylation is 1. The lowest BCUT2D eigenvalue weighted by Crippen LogP contribution is -2.48. The normalized spacial score (nSPS) is 27.3. The van der Waals surface area contributed by atoms with Crippen molar-refractivity contribution in [2.45, 2.75) is 70.4 Å². The number of thiazole rings is 1. The standard InChI is InChI=1S/C16H25N3OS/c1-10-9-13(17)7-8-19(10)16(20)14-11(2)18-15(21-14)12-5-3-4-6-12/h10,12-13H,3-9,17H2,1-2H3/t10-,13+/m0/s1. The fourth-order valence-electron chi connectivity index (χ4n) is 3.60. The summed E-state index contributed by atoms with van der Waals surface area (Å²) in [6.07, 6.45) is 6.87. The monoisotopic (exact) mass is 307 g/mol. The molecule has 2 heterocycles. The zero-order chi connectivity index (χ0) is 15.0. The molecule has 0 bridgehead atoms. The highest BCUT2D eigenvalue weighted by Gasteiger charge is 2.31. The summed E-state index contributed by atoms with van der Waals surface area (Å²) in [6.45, 7) is 4.85. The summed E-state index contributed by atoms with van der Waals surface area (Å²) in [5.41, 5.74) is 6.91. The van der Waals surface area contributed by atoms with E-state index in [0.29, 0.717) is 5.92 Å². The van der Waals surface area contributed by atoms with Crippen LogP contribution >= 0.6 is 11.3 Å². The first-order valence-corrected chi connectivity index (χ1v) is 8.91. The first-order valence-electron chi connectivity index (χ1n) is 8.10. The van der Waals surface area contributed by atoms with E-state index in [0.717, 1.165) is 30.0 Å². The highest BCUT2D eigenvalue weighted by Crippen LogP contribution is 2.37. The summed E-state index contributed by atoms with van der Waals surface area (Å²) < 4.78 is 0. The van der Waals surface area contributed by atoms with Crippen molar-refractivity contribution in [1.82, 2.24) is 9.88 Å². The van der Waals surface area contributed by atoms with Gasteiger partial charge in [0.05, 0.1) is 10.7 Å². The molecule has 0 aromatic carbocycles. The molecule has 2 fully saturated rings. The van der Waals surface area contributed by atoms with Gasteiger partial charge in [-0.15, -0.1) is 11.3 Å². The van der Waals surface area contributed by atoms with Crippen LogP contribution in [0.3, 0.4) is 0 Å². The Kier molecular flexibility index (Phi) is 4.31. The maximum absolute atomic E-state index is 12.8. The molecule has 21 heavy (non-hydrogen) atoms. The number of rotatable bonds is 2. The SMILES string of the molecule is Cc1nc(C2CCCC2)sc1C(=O)N1CC[C@@H](N)C[C@@H]1C. The zero-order valence-corrected chi connectivity index (χ0v) is 13.8. The number of amides is 1. The van der Waals surface area contributed by atoms with Gasteiger partial charge in [-0.2, -0.15) is 0 Å².